The first kappa shape index (κ1) is 15.5. The van der Waals surface area contributed by atoms with Crippen LogP contribution in [0, 0.1) is 13.8 Å². The largest absolute Gasteiger partial charge is 0.392 e. The maximum absolute atomic E-state index is 11.9. The van der Waals surface area contributed by atoms with Gasteiger partial charge in [0, 0.05) is 25.2 Å². The van der Waals surface area contributed by atoms with Gasteiger partial charge in [-0.25, -0.2) is 4.79 Å². The summed E-state index contributed by atoms with van der Waals surface area (Å²) in [5.41, 5.74) is 1.89. The number of carbonyl (C=O) groups is 1. The maximum Gasteiger partial charge on any atom is 0.317 e. The van der Waals surface area contributed by atoms with Crippen LogP contribution in [-0.2, 0) is 6.42 Å². The number of likely N-dealkylation sites (N-methyl/N-ethyl adjacent to an activating group) is 1. The zero-order chi connectivity index (χ0) is 14.6. The molecule has 108 valence electrons. The van der Waals surface area contributed by atoms with Gasteiger partial charge in [-0.2, -0.15) is 0 Å². The molecule has 0 radical (unpaired) electrons. The van der Waals surface area contributed by atoms with E-state index in [1.807, 2.05) is 20.8 Å². The quantitative estimate of drug-likeness (QED) is 0.843. The zero-order valence-corrected chi connectivity index (χ0v) is 12.2. The predicted molar refractivity (Wildman–Crippen MR) is 72.0 cm³/mol. The van der Waals surface area contributed by atoms with Gasteiger partial charge in [-0.3, -0.25) is 0 Å². The fourth-order valence-corrected chi connectivity index (χ4v) is 1.95. The molecule has 1 aromatic heterocycles. The molecule has 0 fully saturated rings. The molecule has 2 N–H and O–H groups in total. The third-order valence-electron chi connectivity index (χ3n) is 2.95. The third-order valence-corrected chi connectivity index (χ3v) is 2.95. The van der Waals surface area contributed by atoms with Crippen LogP contribution in [0.1, 0.15) is 30.9 Å². The summed E-state index contributed by atoms with van der Waals surface area (Å²) in [4.78, 5) is 13.3. The second kappa shape index (κ2) is 6.56. The highest BCUT2D eigenvalue weighted by molar-refractivity contribution is 5.74. The molecule has 0 saturated heterocycles. The molecule has 2 amide bonds. The Morgan fingerprint density at radius 1 is 1.47 bits per heavy atom. The summed E-state index contributed by atoms with van der Waals surface area (Å²) in [6.45, 7) is 7.64. The van der Waals surface area contributed by atoms with Gasteiger partial charge in [-0.1, -0.05) is 5.16 Å². The minimum Gasteiger partial charge on any atom is -0.392 e. The minimum absolute atomic E-state index is 0.0271. The molecule has 2 unspecified atom stereocenters. The van der Waals surface area contributed by atoms with E-state index in [0.29, 0.717) is 13.0 Å². The second-order valence-corrected chi connectivity index (χ2v) is 5.09. The van der Waals surface area contributed by atoms with Crippen LogP contribution < -0.4 is 5.32 Å². The van der Waals surface area contributed by atoms with Gasteiger partial charge in [0.25, 0.3) is 0 Å². The average molecular weight is 269 g/mol. The van der Waals surface area contributed by atoms with Gasteiger partial charge in [-0.05, 0) is 34.1 Å². The highest BCUT2D eigenvalue weighted by Crippen LogP contribution is 2.14. The number of nitrogens with one attached hydrogen (secondary N) is 1. The maximum atomic E-state index is 11.9. The molecular weight excluding hydrogens is 246 g/mol. The van der Waals surface area contributed by atoms with Crippen molar-refractivity contribution in [1.82, 2.24) is 15.4 Å². The fourth-order valence-electron chi connectivity index (χ4n) is 1.95. The van der Waals surface area contributed by atoms with E-state index in [4.69, 9.17) is 4.52 Å². The van der Waals surface area contributed by atoms with Crippen molar-refractivity contribution in [3.63, 3.8) is 0 Å². The molecule has 0 aliphatic rings. The van der Waals surface area contributed by atoms with Crippen LogP contribution in [0.5, 0.6) is 0 Å². The Morgan fingerprint density at radius 2 is 2.11 bits per heavy atom. The third kappa shape index (κ3) is 4.55. The minimum atomic E-state index is -0.534. The zero-order valence-electron chi connectivity index (χ0n) is 12.2. The average Bonchev–Trinajstić information content (AvgIpc) is 2.59. The summed E-state index contributed by atoms with van der Waals surface area (Å²) in [5, 5.41) is 16.0. The summed E-state index contributed by atoms with van der Waals surface area (Å²) in [7, 11) is 1.66. The number of urea groups is 1. The number of nitrogens with zero attached hydrogens (tertiary/aromatic N) is 2. The predicted octanol–water partition coefficient (Wildman–Crippen LogP) is 1.24. The Kier molecular flexibility index (Phi) is 5.35. The summed E-state index contributed by atoms with van der Waals surface area (Å²) < 4.78 is 5.10. The van der Waals surface area contributed by atoms with Gasteiger partial charge in [-0.15, -0.1) is 0 Å². The van der Waals surface area contributed by atoms with Crippen LogP contribution in [0.4, 0.5) is 4.79 Å². The van der Waals surface area contributed by atoms with E-state index in [0.717, 1.165) is 17.0 Å². The SMILES string of the molecule is Cc1noc(C)c1CC(C)NC(=O)N(C)CC(C)O. The van der Waals surface area contributed by atoms with E-state index in [9.17, 15) is 9.90 Å². The Labute approximate surface area is 113 Å². The van der Waals surface area contributed by atoms with Gasteiger partial charge >= 0.3 is 6.03 Å². The Bertz CT molecular complexity index is 409. The van der Waals surface area contributed by atoms with Gasteiger partial charge < -0.3 is 19.8 Å². The van der Waals surface area contributed by atoms with Crippen molar-refractivity contribution in [2.75, 3.05) is 13.6 Å². The molecule has 0 aromatic carbocycles. The monoisotopic (exact) mass is 269 g/mol. The lowest BCUT2D eigenvalue weighted by molar-refractivity contribution is 0.142. The molecule has 0 aliphatic heterocycles. The Hall–Kier alpha value is -1.56. The number of rotatable bonds is 5. The van der Waals surface area contributed by atoms with Crippen LogP contribution in [0.25, 0.3) is 0 Å². The number of aryl methyl sites for hydroxylation is 2. The van der Waals surface area contributed by atoms with Crippen molar-refractivity contribution in [3.05, 3.63) is 17.0 Å². The Morgan fingerprint density at radius 3 is 2.58 bits per heavy atom. The molecule has 0 aliphatic carbocycles. The summed E-state index contributed by atoms with van der Waals surface area (Å²) in [6.07, 6.45) is 0.142. The van der Waals surface area contributed by atoms with Gasteiger partial charge in [0.15, 0.2) is 0 Å². The van der Waals surface area contributed by atoms with Crippen molar-refractivity contribution in [2.24, 2.45) is 0 Å². The Balaban J connectivity index is 2.51. The van der Waals surface area contributed by atoms with Gasteiger partial charge in [0.2, 0.25) is 0 Å². The molecule has 1 rings (SSSR count). The summed E-state index contributed by atoms with van der Waals surface area (Å²) >= 11 is 0. The van der Waals surface area contributed by atoms with Crippen molar-refractivity contribution in [2.45, 2.75) is 46.3 Å². The van der Waals surface area contributed by atoms with E-state index < -0.39 is 6.10 Å². The van der Waals surface area contributed by atoms with Crippen LogP contribution in [0.15, 0.2) is 4.52 Å². The number of carbonyl (C=O) groups excluding carboxylic acids is 1. The van der Waals surface area contributed by atoms with E-state index in [-0.39, 0.29) is 12.1 Å². The lowest BCUT2D eigenvalue weighted by atomic mass is 10.1. The second-order valence-electron chi connectivity index (χ2n) is 5.09. The first-order valence-corrected chi connectivity index (χ1v) is 6.42. The first-order valence-electron chi connectivity index (χ1n) is 6.42. The van der Waals surface area contributed by atoms with E-state index in [1.54, 1.807) is 14.0 Å². The van der Waals surface area contributed by atoms with E-state index >= 15 is 0 Å². The van der Waals surface area contributed by atoms with Crippen molar-refractivity contribution < 1.29 is 14.4 Å². The fraction of sp³-hybridized carbons (Fsp3) is 0.692. The summed E-state index contributed by atoms with van der Waals surface area (Å²) in [5.74, 6) is 0.788. The molecule has 1 aromatic rings. The van der Waals surface area contributed by atoms with Crippen LogP contribution in [-0.4, -0.2) is 46.9 Å². The van der Waals surface area contributed by atoms with Crippen LogP contribution in [0.2, 0.25) is 0 Å². The highest BCUT2D eigenvalue weighted by Gasteiger charge is 2.17. The van der Waals surface area contributed by atoms with E-state index in [1.165, 1.54) is 4.90 Å². The lowest BCUT2D eigenvalue weighted by Gasteiger charge is -2.22. The van der Waals surface area contributed by atoms with E-state index in [2.05, 4.69) is 10.5 Å². The standard InChI is InChI=1S/C13H23N3O3/c1-8(6-12-10(3)15-19-11(12)4)14-13(18)16(5)7-9(2)17/h8-9,17H,6-7H2,1-5H3,(H,14,18). The number of aromatic nitrogens is 1. The molecule has 0 spiro atoms. The number of hydrogen-bond acceptors (Lipinski definition) is 4. The normalized spacial score (nSPS) is 14.0. The number of hydrogen-bond donors (Lipinski definition) is 2. The molecule has 19 heavy (non-hydrogen) atoms. The summed E-state index contributed by atoms with van der Waals surface area (Å²) in [6, 6.07) is -0.221. The molecule has 6 heteroatoms. The van der Waals surface area contributed by atoms with Crippen LogP contribution >= 0.6 is 0 Å². The molecule has 6 nitrogen and oxygen atoms in total. The van der Waals surface area contributed by atoms with Crippen molar-refractivity contribution >= 4 is 6.03 Å². The molecular formula is C13H23N3O3. The van der Waals surface area contributed by atoms with Gasteiger partial charge in [0.05, 0.1) is 11.8 Å². The molecule has 2 atom stereocenters. The van der Waals surface area contributed by atoms with Gasteiger partial charge in [0.1, 0.15) is 5.76 Å². The van der Waals surface area contributed by atoms with Crippen molar-refractivity contribution in [1.29, 1.82) is 0 Å². The number of aliphatic hydroxyl groups excluding tert-OH is 1. The number of amides is 2. The lowest BCUT2D eigenvalue weighted by Crippen LogP contribution is -2.44. The molecule has 1 heterocycles. The topological polar surface area (TPSA) is 78.6 Å². The van der Waals surface area contributed by atoms with Crippen LogP contribution in [0.3, 0.4) is 0 Å². The number of aliphatic hydroxyl groups is 1. The molecule has 0 saturated carbocycles. The first-order chi connectivity index (χ1) is 8.81. The van der Waals surface area contributed by atoms with Crippen molar-refractivity contribution in [3.8, 4) is 0 Å². The molecule has 0 bridgehead atoms. The highest BCUT2D eigenvalue weighted by atomic mass is 16.5. The smallest absolute Gasteiger partial charge is 0.317 e.